The van der Waals surface area contributed by atoms with Crippen molar-refractivity contribution in [1.82, 2.24) is 4.90 Å². The number of hydrogen-bond acceptors (Lipinski definition) is 3. The molecule has 0 spiro atoms. The number of likely N-dealkylation sites (tertiary alicyclic amines) is 1. The third-order valence-corrected chi connectivity index (χ3v) is 5.70. The van der Waals surface area contributed by atoms with Gasteiger partial charge in [-0.05, 0) is 50.5 Å². The molecule has 1 saturated heterocycles. The molecule has 2 aliphatic rings. The summed E-state index contributed by atoms with van der Waals surface area (Å²) in [7, 11) is 1.85. The van der Waals surface area contributed by atoms with Gasteiger partial charge in [0.15, 0.2) is 0 Å². The van der Waals surface area contributed by atoms with Crippen molar-refractivity contribution >= 4 is 0 Å². The predicted molar refractivity (Wildman–Crippen MR) is 80.2 cm³/mol. The van der Waals surface area contributed by atoms with E-state index in [0.29, 0.717) is 11.3 Å². The Morgan fingerprint density at radius 2 is 2.00 bits per heavy atom. The maximum Gasteiger partial charge on any atom is 0.0777 e. The van der Waals surface area contributed by atoms with E-state index in [1.165, 1.54) is 32.2 Å². The molecule has 1 saturated carbocycles. The topological polar surface area (TPSA) is 38.5 Å². The molecule has 1 aliphatic heterocycles. The molecule has 2 fully saturated rings. The van der Waals surface area contributed by atoms with Crippen LogP contribution in [0.3, 0.4) is 0 Å². The minimum absolute atomic E-state index is 0.00682. The summed E-state index contributed by atoms with van der Waals surface area (Å²) in [6.45, 7) is 12.4. The van der Waals surface area contributed by atoms with Gasteiger partial charge in [-0.2, -0.15) is 0 Å². The molecule has 1 aliphatic carbocycles. The zero-order valence-corrected chi connectivity index (χ0v) is 13.5. The molecule has 0 aromatic heterocycles. The smallest absolute Gasteiger partial charge is 0.0777 e. The van der Waals surface area contributed by atoms with Crippen LogP contribution in [-0.4, -0.2) is 42.8 Å². The molecule has 3 nitrogen and oxygen atoms in total. The van der Waals surface area contributed by atoms with Crippen molar-refractivity contribution in [3.05, 3.63) is 0 Å². The van der Waals surface area contributed by atoms with E-state index in [4.69, 9.17) is 10.5 Å². The molecule has 0 amide bonds. The van der Waals surface area contributed by atoms with Crippen molar-refractivity contribution in [1.29, 1.82) is 0 Å². The second-order valence-electron chi connectivity index (χ2n) is 7.93. The summed E-state index contributed by atoms with van der Waals surface area (Å²) in [6.07, 6.45) is 4.89. The van der Waals surface area contributed by atoms with E-state index in [-0.39, 0.29) is 11.1 Å². The standard InChI is InChI=1S/C16H32N2O/c1-13-9-14(2,3)10-16(13,11-17)18-8-6-7-15(4,12-18)19-5/h13H,6-12,17H2,1-5H3. The highest BCUT2D eigenvalue weighted by atomic mass is 16.5. The van der Waals surface area contributed by atoms with Crippen LogP contribution in [0, 0.1) is 11.3 Å². The van der Waals surface area contributed by atoms with Crippen LogP contribution in [0.25, 0.3) is 0 Å². The highest BCUT2D eigenvalue weighted by Crippen LogP contribution is 2.51. The molecule has 112 valence electrons. The van der Waals surface area contributed by atoms with Gasteiger partial charge >= 0.3 is 0 Å². The van der Waals surface area contributed by atoms with Crippen molar-refractivity contribution < 1.29 is 4.74 Å². The normalized spacial score (nSPS) is 43.6. The Hall–Kier alpha value is -0.120. The van der Waals surface area contributed by atoms with E-state index in [9.17, 15) is 0 Å². The van der Waals surface area contributed by atoms with Crippen LogP contribution in [0.1, 0.15) is 53.4 Å². The summed E-state index contributed by atoms with van der Waals surface area (Å²) in [6, 6.07) is 0. The fraction of sp³-hybridized carbons (Fsp3) is 1.00. The molecule has 3 atom stereocenters. The van der Waals surface area contributed by atoms with Gasteiger partial charge < -0.3 is 10.5 Å². The first kappa shape index (κ1) is 15.3. The predicted octanol–water partition coefficient (Wildman–Crippen LogP) is 2.64. The first-order valence-corrected chi connectivity index (χ1v) is 7.77. The lowest BCUT2D eigenvalue weighted by molar-refractivity contribution is -0.0876. The molecule has 0 radical (unpaired) electrons. The average molecular weight is 268 g/mol. The van der Waals surface area contributed by atoms with Gasteiger partial charge in [0, 0.05) is 25.7 Å². The lowest BCUT2D eigenvalue weighted by Crippen LogP contribution is -2.62. The number of piperidine rings is 1. The summed E-state index contributed by atoms with van der Waals surface area (Å²) in [5, 5.41) is 0. The third-order valence-electron chi connectivity index (χ3n) is 5.70. The van der Waals surface area contributed by atoms with Crippen LogP contribution in [0.4, 0.5) is 0 Å². The van der Waals surface area contributed by atoms with Gasteiger partial charge in [0.05, 0.1) is 5.60 Å². The maximum absolute atomic E-state index is 6.26. The van der Waals surface area contributed by atoms with Gasteiger partial charge in [-0.1, -0.05) is 20.8 Å². The summed E-state index contributed by atoms with van der Waals surface area (Å²) in [4.78, 5) is 2.65. The molecule has 0 aromatic carbocycles. The van der Waals surface area contributed by atoms with Gasteiger partial charge in [-0.3, -0.25) is 4.90 Å². The maximum atomic E-state index is 6.26. The quantitative estimate of drug-likeness (QED) is 0.855. The van der Waals surface area contributed by atoms with E-state index < -0.39 is 0 Å². The van der Waals surface area contributed by atoms with E-state index >= 15 is 0 Å². The fourth-order valence-electron chi connectivity index (χ4n) is 4.67. The number of ether oxygens (including phenoxy) is 1. The summed E-state index contributed by atoms with van der Waals surface area (Å²) in [5.41, 5.74) is 6.87. The largest absolute Gasteiger partial charge is 0.377 e. The van der Waals surface area contributed by atoms with E-state index in [1.54, 1.807) is 0 Å². The second-order valence-corrected chi connectivity index (χ2v) is 7.93. The number of nitrogens with zero attached hydrogens (tertiary/aromatic N) is 1. The molecule has 19 heavy (non-hydrogen) atoms. The Labute approximate surface area is 118 Å². The summed E-state index contributed by atoms with van der Waals surface area (Å²) < 4.78 is 5.76. The lowest BCUT2D eigenvalue weighted by atomic mass is 9.81. The fourth-order valence-corrected chi connectivity index (χ4v) is 4.67. The SMILES string of the molecule is COC1(C)CCCN(C2(CN)CC(C)(C)CC2C)C1. The Bertz CT molecular complexity index is 331. The highest BCUT2D eigenvalue weighted by molar-refractivity contribution is 5.08. The van der Waals surface area contributed by atoms with Gasteiger partial charge in [0.2, 0.25) is 0 Å². The Morgan fingerprint density at radius 1 is 1.32 bits per heavy atom. The number of rotatable bonds is 3. The monoisotopic (exact) mass is 268 g/mol. The first-order valence-electron chi connectivity index (χ1n) is 7.77. The molecule has 0 aromatic rings. The number of nitrogens with two attached hydrogens (primary N) is 1. The molecule has 0 bridgehead atoms. The zero-order valence-electron chi connectivity index (χ0n) is 13.5. The molecule has 3 unspecified atom stereocenters. The number of hydrogen-bond donors (Lipinski definition) is 1. The Morgan fingerprint density at radius 3 is 2.47 bits per heavy atom. The zero-order chi connectivity index (χ0) is 14.3. The first-order chi connectivity index (χ1) is 8.77. The van der Waals surface area contributed by atoms with Crippen LogP contribution in [-0.2, 0) is 4.74 Å². The van der Waals surface area contributed by atoms with E-state index in [2.05, 4.69) is 32.6 Å². The molecule has 2 N–H and O–H groups in total. The molecular weight excluding hydrogens is 236 g/mol. The minimum atomic E-state index is 0.00682. The van der Waals surface area contributed by atoms with Crippen molar-refractivity contribution in [2.75, 3.05) is 26.7 Å². The van der Waals surface area contributed by atoms with Crippen LogP contribution in [0.2, 0.25) is 0 Å². The molecule has 2 rings (SSSR count). The minimum Gasteiger partial charge on any atom is -0.377 e. The van der Waals surface area contributed by atoms with Crippen LogP contribution in [0.15, 0.2) is 0 Å². The van der Waals surface area contributed by atoms with Gasteiger partial charge in [-0.25, -0.2) is 0 Å². The van der Waals surface area contributed by atoms with Gasteiger partial charge in [0.1, 0.15) is 0 Å². The van der Waals surface area contributed by atoms with Crippen molar-refractivity contribution in [3.8, 4) is 0 Å². The van der Waals surface area contributed by atoms with Crippen molar-refractivity contribution in [2.45, 2.75) is 64.5 Å². The van der Waals surface area contributed by atoms with Crippen molar-refractivity contribution in [3.63, 3.8) is 0 Å². The van der Waals surface area contributed by atoms with E-state index in [0.717, 1.165) is 13.1 Å². The second kappa shape index (κ2) is 5.01. The number of methoxy groups -OCH3 is 1. The molecular formula is C16H32N2O. The molecule has 3 heteroatoms. The van der Waals surface area contributed by atoms with Crippen LogP contribution < -0.4 is 5.73 Å². The molecule has 1 heterocycles. The Balaban J connectivity index is 2.22. The van der Waals surface area contributed by atoms with Crippen LogP contribution in [0.5, 0.6) is 0 Å². The summed E-state index contributed by atoms with van der Waals surface area (Å²) in [5.74, 6) is 0.673. The van der Waals surface area contributed by atoms with E-state index in [1.807, 2.05) is 7.11 Å². The highest BCUT2D eigenvalue weighted by Gasteiger charge is 2.52. The van der Waals surface area contributed by atoms with Gasteiger partial charge in [-0.15, -0.1) is 0 Å². The Kier molecular flexibility index (Phi) is 4.03. The van der Waals surface area contributed by atoms with Gasteiger partial charge in [0.25, 0.3) is 0 Å². The third kappa shape index (κ3) is 2.70. The lowest BCUT2D eigenvalue weighted by Gasteiger charge is -2.50. The average Bonchev–Trinajstić information content (AvgIpc) is 2.60. The van der Waals surface area contributed by atoms with Crippen LogP contribution >= 0.6 is 0 Å². The summed E-state index contributed by atoms with van der Waals surface area (Å²) >= 11 is 0. The van der Waals surface area contributed by atoms with Crippen molar-refractivity contribution in [2.24, 2.45) is 17.1 Å².